The number of fused-ring (bicyclic) bond motifs is 1. The van der Waals surface area contributed by atoms with Gasteiger partial charge in [-0.3, -0.25) is 0 Å². The van der Waals surface area contributed by atoms with Gasteiger partial charge in [0, 0.05) is 18.0 Å². The van der Waals surface area contributed by atoms with E-state index in [-0.39, 0.29) is 18.0 Å². The summed E-state index contributed by atoms with van der Waals surface area (Å²) in [6, 6.07) is 4.50. The monoisotopic (exact) mass is 276 g/mol. The van der Waals surface area contributed by atoms with E-state index in [1.54, 1.807) is 18.6 Å². The van der Waals surface area contributed by atoms with Crippen molar-refractivity contribution in [2.45, 2.75) is 38.5 Å². The Balaban J connectivity index is 1.95. The lowest BCUT2D eigenvalue weighted by molar-refractivity contribution is 0.0610. The molecule has 4 nitrogen and oxygen atoms in total. The van der Waals surface area contributed by atoms with Crippen molar-refractivity contribution in [2.75, 3.05) is 0 Å². The summed E-state index contributed by atoms with van der Waals surface area (Å²) >= 11 is 0. The number of aromatic nitrogens is 2. The molecule has 0 amide bonds. The fourth-order valence-electron chi connectivity index (χ4n) is 2.60. The van der Waals surface area contributed by atoms with Gasteiger partial charge < -0.3 is 14.4 Å². The van der Waals surface area contributed by atoms with Crippen LogP contribution in [0.1, 0.15) is 49.8 Å². The molecule has 2 unspecified atom stereocenters. The first kappa shape index (κ1) is 13.1. The van der Waals surface area contributed by atoms with E-state index in [0.29, 0.717) is 17.7 Å². The Morgan fingerprint density at radius 3 is 3.00 bits per heavy atom. The molecule has 0 fully saturated rings. The lowest BCUT2D eigenvalue weighted by Crippen LogP contribution is -2.22. The number of benzene rings is 1. The largest absolute Gasteiger partial charge is 0.484 e. The predicted octanol–water partition coefficient (Wildman–Crippen LogP) is 3.16. The van der Waals surface area contributed by atoms with Crippen LogP contribution in [0.4, 0.5) is 4.39 Å². The molecule has 0 radical (unpaired) electrons. The molecule has 20 heavy (non-hydrogen) atoms. The van der Waals surface area contributed by atoms with E-state index in [9.17, 15) is 9.50 Å². The first-order valence-corrected chi connectivity index (χ1v) is 6.72. The summed E-state index contributed by atoms with van der Waals surface area (Å²) < 4.78 is 21.2. The molecule has 2 aromatic rings. The molecular formula is C15H17FN2O2. The normalized spacial score (nSPS) is 21.6. The number of hydrogen-bond donors (Lipinski definition) is 1. The van der Waals surface area contributed by atoms with Crippen molar-refractivity contribution < 1.29 is 14.2 Å². The lowest BCUT2D eigenvalue weighted by Gasteiger charge is -2.30. The minimum atomic E-state index is -0.727. The zero-order chi connectivity index (χ0) is 14.3. The molecule has 0 aliphatic carbocycles. The molecule has 106 valence electrons. The van der Waals surface area contributed by atoms with E-state index < -0.39 is 6.10 Å². The van der Waals surface area contributed by atoms with Crippen LogP contribution >= 0.6 is 0 Å². The maximum Gasteiger partial charge on any atom is 0.143 e. The third-order valence-corrected chi connectivity index (χ3v) is 3.62. The molecule has 1 aromatic heterocycles. The number of imidazole rings is 1. The molecule has 0 spiro atoms. The van der Waals surface area contributed by atoms with Gasteiger partial charge in [0.1, 0.15) is 17.7 Å². The van der Waals surface area contributed by atoms with Gasteiger partial charge >= 0.3 is 0 Å². The van der Waals surface area contributed by atoms with Crippen LogP contribution in [0.3, 0.4) is 0 Å². The van der Waals surface area contributed by atoms with Crippen LogP contribution in [0.15, 0.2) is 30.7 Å². The summed E-state index contributed by atoms with van der Waals surface area (Å²) in [5, 5.41) is 10.2. The van der Waals surface area contributed by atoms with Gasteiger partial charge in [-0.2, -0.15) is 0 Å². The molecule has 1 N–H and O–H groups in total. The van der Waals surface area contributed by atoms with Crippen molar-refractivity contribution in [3.8, 4) is 5.75 Å². The first-order chi connectivity index (χ1) is 9.56. The number of aliphatic hydroxyl groups is 1. The molecule has 5 heteroatoms. The minimum absolute atomic E-state index is 0.267. The highest BCUT2D eigenvalue weighted by molar-refractivity contribution is 5.38. The molecular weight excluding hydrogens is 259 g/mol. The zero-order valence-corrected chi connectivity index (χ0v) is 11.5. The Bertz CT molecular complexity index is 624. The van der Waals surface area contributed by atoms with Crippen molar-refractivity contribution >= 4 is 0 Å². The number of rotatable bonds is 2. The van der Waals surface area contributed by atoms with Crippen molar-refractivity contribution in [3.63, 3.8) is 0 Å². The van der Waals surface area contributed by atoms with Crippen LogP contribution in [0, 0.1) is 5.82 Å². The molecule has 2 atom stereocenters. The summed E-state index contributed by atoms with van der Waals surface area (Å²) in [6.07, 6.45) is 2.92. The number of halogens is 1. The Kier molecular flexibility index (Phi) is 3.22. The summed E-state index contributed by atoms with van der Waals surface area (Å²) in [7, 11) is 0. The maximum atomic E-state index is 13.2. The lowest BCUT2D eigenvalue weighted by atomic mass is 9.97. The molecule has 1 aromatic carbocycles. The second-order valence-electron chi connectivity index (χ2n) is 5.36. The fourth-order valence-corrected chi connectivity index (χ4v) is 2.60. The zero-order valence-electron chi connectivity index (χ0n) is 11.5. The van der Waals surface area contributed by atoms with Crippen LogP contribution in [0.25, 0.3) is 0 Å². The van der Waals surface area contributed by atoms with E-state index in [1.165, 1.54) is 12.1 Å². The van der Waals surface area contributed by atoms with Crippen molar-refractivity contribution in [1.82, 2.24) is 9.55 Å². The molecule has 1 aliphatic rings. The molecule has 2 heterocycles. The highest BCUT2D eigenvalue weighted by atomic mass is 19.1. The van der Waals surface area contributed by atoms with Crippen LogP contribution in [0.5, 0.6) is 5.75 Å². The highest BCUT2D eigenvalue weighted by Crippen LogP contribution is 2.41. The Labute approximate surface area is 116 Å². The first-order valence-electron chi connectivity index (χ1n) is 6.72. The standard InChI is InChI=1S/C15H17FN2O2/c1-9(2)18-8-17-7-12(18)15-6-13(19)11-5-10(16)3-4-14(11)20-15/h3-5,7-9,13,15,19H,6H2,1-2H3. The van der Waals surface area contributed by atoms with E-state index in [4.69, 9.17) is 4.74 Å². The van der Waals surface area contributed by atoms with Gasteiger partial charge in [0.05, 0.1) is 24.3 Å². The number of aliphatic hydroxyl groups excluding tert-OH is 1. The minimum Gasteiger partial charge on any atom is -0.484 e. The van der Waals surface area contributed by atoms with Crippen molar-refractivity contribution in [1.29, 1.82) is 0 Å². The smallest absolute Gasteiger partial charge is 0.143 e. The summed E-state index contributed by atoms with van der Waals surface area (Å²) in [4.78, 5) is 4.16. The molecule has 3 rings (SSSR count). The van der Waals surface area contributed by atoms with Gasteiger partial charge in [0.2, 0.25) is 0 Å². The van der Waals surface area contributed by atoms with Crippen LogP contribution < -0.4 is 4.74 Å². The van der Waals surface area contributed by atoms with Crippen LogP contribution in [-0.2, 0) is 0 Å². The second kappa shape index (κ2) is 4.90. The summed E-state index contributed by atoms with van der Waals surface area (Å²) in [5.74, 6) is 0.170. The van der Waals surface area contributed by atoms with Crippen molar-refractivity contribution in [3.05, 3.63) is 47.8 Å². The molecule has 0 saturated heterocycles. The van der Waals surface area contributed by atoms with Crippen LogP contribution in [-0.4, -0.2) is 14.7 Å². The SMILES string of the molecule is CC(C)n1cncc1C1CC(O)c2cc(F)ccc2O1. The van der Waals surface area contributed by atoms with Crippen molar-refractivity contribution in [2.24, 2.45) is 0 Å². The average molecular weight is 276 g/mol. The second-order valence-corrected chi connectivity index (χ2v) is 5.36. The fraction of sp³-hybridized carbons (Fsp3) is 0.400. The van der Waals surface area contributed by atoms with Crippen LogP contribution in [0.2, 0.25) is 0 Å². The Morgan fingerprint density at radius 1 is 1.45 bits per heavy atom. The van der Waals surface area contributed by atoms with E-state index >= 15 is 0 Å². The summed E-state index contributed by atoms with van der Waals surface area (Å²) in [6.45, 7) is 4.13. The quantitative estimate of drug-likeness (QED) is 0.916. The number of nitrogens with zero attached hydrogens (tertiary/aromatic N) is 2. The predicted molar refractivity (Wildman–Crippen MR) is 72.0 cm³/mol. The third kappa shape index (κ3) is 2.18. The molecule has 0 bridgehead atoms. The van der Waals surface area contributed by atoms with Gasteiger partial charge in [-0.05, 0) is 32.0 Å². The third-order valence-electron chi connectivity index (χ3n) is 3.62. The Hall–Kier alpha value is -1.88. The van der Waals surface area contributed by atoms with Gasteiger partial charge in [0.15, 0.2) is 0 Å². The number of hydrogen-bond acceptors (Lipinski definition) is 3. The van der Waals surface area contributed by atoms with E-state index in [1.807, 2.05) is 4.57 Å². The van der Waals surface area contributed by atoms with E-state index in [2.05, 4.69) is 18.8 Å². The van der Waals surface area contributed by atoms with E-state index in [0.717, 1.165) is 5.69 Å². The summed E-state index contributed by atoms with van der Waals surface area (Å²) in [5.41, 5.74) is 1.44. The van der Waals surface area contributed by atoms with Gasteiger partial charge in [-0.25, -0.2) is 9.37 Å². The maximum absolute atomic E-state index is 13.2. The average Bonchev–Trinajstić information content (AvgIpc) is 2.89. The highest BCUT2D eigenvalue weighted by Gasteiger charge is 2.30. The van der Waals surface area contributed by atoms with Gasteiger partial charge in [-0.1, -0.05) is 0 Å². The topological polar surface area (TPSA) is 47.3 Å². The molecule has 0 saturated carbocycles. The Morgan fingerprint density at radius 2 is 2.25 bits per heavy atom. The molecule has 1 aliphatic heterocycles. The van der Waals surface area contributed by atoms with Gasteiger partial charge in [-0.15, -0.1) is 0 Å². The van der Waals surface area contributed by atoms with Gasteiger partial charge in [0.25, 0.3) is 0 Å². The number of ether oxygens (including phenoxy) is 1.